The Morgan fingerprint density at radius 2 is 1.52 bits per heavy atom. The Morgan fingerprint density at radius 3 is 2.04 bits per heavy atom. The Kier molecular flexibility index (Phi) is 9.25. The van der Waals surface area contributed by atoms with Gasteiger partial charge in [0.2, 0.25) is 0 Å². The molecule has 2 aromatic carbocycles. The van der Waals surface area contributed by atoms with Gasteiger partial charge in [-0.15, -0.1) is 6.42 Å². The third kappa shape index (κ3) is 8.18. The van der Waals surface area contributed by atoms with E-state index in [9.17, 15) is 4.57 Å². The van der Waals surface area contributed by atoms with E-state index < -0.39 is 5.77 Å². The second kappa shape index (κ2) is 11.5. The van der Waals surface area contributed by atoms with Gasteiger partial charge < -0.3 is 9.84 Å². The average Bonchev–Trinajstić information content (AvgIpc) is 2.62. The molecule has 0 aliphatic rings. The fourth-order valence-electron chi connectivity index (χ4n) is 1.98. The molecule has 0 aliphatic carbocycles. The molecule has 0 saturated heterocycles. The number of hydrogen-bond acceptors (Lipinski definition) is 5. The topological polar surface area (TPSA) is 38.3 Å². The second-order valence-electron chi connectivity index (χ2n) is 5.18. The van der Waals surface area contributed by atoms with Crippen LogP contribution in [-0.2, 0) is 9.09 Å². The van der Waals surface area contributed by atoms with Gasteiger partial charge in [-0.05, 0) is 66.4 Å². The Morgan fingerprint density at radius 1 is 0.960 bits per heavy atom. The molecule has 0 saturated carbocycles. The van der Waals surface area contributed by atoms with E-state index in [-0.39, 0.29) is 0 Å². The van der Waals surface area contributed by atoms with Crippen LogP contribution in [0, 0.1) is 12.3 Å². The normalized spacial score (nSPS) is 11.2. The minimum atomic E-state index is -2.94. The predicted molar refractivity (Wildman–Crippen MR) is 109 cm³/mol. The van der Waals surface area contributed by atoms with Crippen LogP contribution in [0.25, 0.3) is 0 Å². The van der Waals surface area contributed by atoms with Crippen LogP contribution in [0.3, 0.4) is 0 Å². The van der Waals surface area contributed by atoms with Gasteiger partial charge in [-0.25, -0.2) is 0 Å². The Bertz CT molecular complexity index is 659. The zero-order valence-electron chi connectivity index (χ0n) is 14.0. The van der Waals surface area contributed by atoms with Crippen LogP contribution < -0.4 is 5.32 Å². The van der Waals surface area contributed by atoms with E-state index in [4.69, 9.17) is 10.9 Å². The van der Waals surface area contributed by atoms with Crippen molar-refractivity contribution in [2.75, 3.05) is 19.7 Å². The lowest BCUT2D eigenvalue weighted by Crippen LogP contribution is -2.15. The highest BCUT2D eigenvalue weighted by Gasteiger charge is 2.27. The van der Waals surface area contributed by atoms with Crippen molar-refractivity contribution in [1.29, 1.82) is 0 Å². The summed E-state index contributed by atoms with van der Waals surface area (Å²) in [6, 6.07) is 19.5. The number of hydrogen-bond donors (Lipinski definition) is 1. The Hall–Kier alpha value is -1.15. The highest BCUT2D eigenvalue weighted by molar-refractivity contribution is 8.89. The quantitative estimate of drug-likeness (QED) is 0.302. The first-order valence-corrected chi connectivity index (χ1v) is 12.6. The lowest BCUT2D eigenvalue weighted by molar-refractivity contribution is 0.323. The van der Waals surface area contributed by atoms with Crippen LogP contribution in [0.4, 0.5) is 0 Å². The summed E-state index contributed by atoms with van der Waals surface area (Å²) in [5.74, 6) is -0.400. The molecular weight excluding hydrogens is 369 g/mol. The maximum Gasteiger partial charge on any atom is 0.322 e. The van der Waals surface area contributed by atoms with E-state index in [0.717, 1.165) is 29.2 Å². The molecule has 2 aromatic rings. The van der Waals surface area contributed by atoms with Crippen LogP contribution in [0.2, 0.25) is 0 Å². The van der Waals surface area contributed by atoms with E-state index in [1.165, 1.54) is 22.8 Å². The molecule has 0 fully saturated rings. The average molecular weight is 391 g/mol. The van der Waals surface area contributed by atoms with Gasteiger partial charge in [-0.1, -0.05) is 42.3 Å². The molecule has 0 spiro atoms. The fraction of sp³-hybridized carbons (Fsp3) is 0.263. The van der Waals surface area contributed by atoms with Crippen molar-refractivity contribution in [3.05, 3.63) is 60.7 Å². The van der Waals surface area contributed by atoms with Crippen LogP contribution in [0.1, 0.15) is 12.8 Å². The van der Waals surface area contributed by atoms with E-state index in [1.807, 2.05) is 60.7 Å². The molecule has 1 N–H and O–H groups in total. The third-order valence-electron chi connectivity index (χ3n) is 3.15. The SMILES string of the molecule is C#CCNCCCCOP(=O)(Sc1ccccc1)Sc1ccccc1. The molecule has 3 nitrogen and oxygen atoms in total. The second-order valence-corrected chi connectivity index (χ2v) is 12.3. The smallest absolute Gasteiger partial charge is 0.313 e. The first-order chi connectivity index (χ1) is 12.2. The number of nitrogens with one attached hydrogen (secondary N) is 1. The molecule has 132 valence electrons. The monoisotopic (exact) mass is 391 g/mol. The van der Waals surface area contributed by atoms with E-state index in [0.29, 0.717) is 13.2 Å². The molecular formula is C19H22NO2PS2. The summed E-state index contributed by atoms with van der Waals surface area (Å²) < 4.78 is 19.2. The molecule has 0 bridgehead atoms. The van der Waals surface area contributed by atoms with Gasteiger partial charge in [0.1, 0.15) is 0 Å². The van der Waals surface area contributed by atoms with Crippen LogP contribution in [-0.4, -0.2) is 19.7 Å². The maximum atomic E-state index is 13.3. The fourth-order valence-corrected chi connectivity index (χ4v) is 8.59. The molecule has 0 amide bonds. The van der Waals surface area contributed by atoms with Crippen molar-refractivity contribution in [3.8, 4) is 12.3 Å². The van der Waals surface area contributed by atoms with Gasteiger partial charge in [-0.3, -0.25) is 4.57 Å². The number of terminal acetylenes is 1. The lowest BCUT2D eigenvalue weighted by Gasteiger charge is -2.17. The zero-order chi connectivity index (χ0) is 17.8. The molecule has 0 aliphatic heterocycles. The molecule has 2 rings (SSSR count). The third-order valence-corrected chi connectivity index (χ3v) is 9.64. The predicted octanol–water partition coefficient (Wildman–Crippen LogP) is 5.70. The van der Waals surface area contributed by atoms with Gasteiger partial charge in [0.15, 0.2) is 0 Å². The summed E-state index contributed by atoms with van der Waals surface area (Å²) in [5, 5.41) is 3.14. The van der Waals surface area contributed by atoms with Gasteiger partial charge in [-0.2, -0.15) is 0 Å². The summed E-state index contributed by atoms with van der Waals surface area (Å²) in [6.07, 6.45) is 6.97. The minimum Gasteiger partial charge on any atom is -0.313 e. The van der Waals surface area contributed by atoms with Crippen molar-refractivity contribution in [2.45, 2.75) is 22.6 Å². The first kappa shape index (κ1) is 20.2. The van der Waals surface area contributed by atoms with Gasteiger partial charge >= 0.3 is 5.77 Å². The van der Waals surface area contributed by atoms with Crippen LogP contribution >= 0.6 is 28.5 Å². The lowest BCUT2D eigenvalue weighted by atomic mass is 10.3. The van der Waals surface area contributed by atoms with Crippen molar-refractivity contribution in [2.24, 2.45) is 0 Å². The molecule has 0 atom stereocenters. The highest BCUT2D eigenvalue weighted by atomic mass is 33.1. The summed E-state index contributed by atoms with van der Waals surface area (Å²) in [7, 11) is 0. The van der Waals surface area contributed by atoms with Gasteiger partial charge in [0.25, 0.3) is 0 Å². The Balaban J connectivity index is 1.92. The largest absolute Gasteiger partial charge is 0.322 e. The van der Waals surface area contributed by atoms with Gasteiger partial charge in [0.05, 0.1) is 13.2 Å². The first-order valence-electron chi connectivity index (χ1n) is 8.10. The minimum absolute atomic E-state index is 0.467. The molecule has 0 heterocycles. The molecule has 0 unspecified atom stereocenters. The van der Waals surface area contributed by atoms with Crippen molar-refractivity contribution in [3.63, 3.8) is 0 Å². The maximum absolute atomic E-state index is 13.3. The van der Waals surface area contributed by atoms with Gasteiger partial charge in [0, 0.05) is 9.79 Å². The molecule has 0 aromatic heterocycles. The standard InChI is InChI=1S/C19H22NO2PS2/c1-2-15-20-16-9-10-17-22-23(21,24-18-11-5-3-6-12-18)25-19-13-7-4-8-14-19/h1,3-8,11-14,20H,9-10,15-17H2. The summed E-state index contributed by atoms with van der Waals surface area (Å²) in [4.78, 5) is 1.90. The molecule has 0 radical (unpaired) electrons. The zero-order valence-corrected chi connectivity index (χ0v) is 16.5. The number of unbranched alkanes of at least 4 members (excludes halogenated alkanes) is 1. The van der Waals surface area contributed by atoms with E-state index in [2.05, 4.69) is 11.2 Å². The van der Waals surface area contributed by atoms with Crippen molar-refractivity contribution >= 4 is 28.5 Å². The highest BCUT2D eigenvalue weighted by Crippen LogP contribution is 2.74. The van der Waals surface area contributed by atoms with Crippen LogP contribution in [0.15, 0.2) is 70.5 Å². The number of rotatable bonds is 11. The summed E-state index contributed by atoms with van der Waals surface area (Å²) in [6.45, 7) is 1.89. The van der Waals surface area contributed by atoms with Crippen LogP contribution in [0.5, 0.6) is 0 Å². The van der Waals surface area contributed by atoms with Crippen molar-refractivity contribution in [1.82, 2.24) is 5.32 Å². The van der Waals surface area contributed by atoms with E-state index >= 15 is 0 Å². The molecule has 6 heteroatoms. The Labute approximate surface area is 158 Å². The van der Waals surface area contributed by atoms with Crippen molar-refractivity contribution < 1.29 is 9.09 Å². The van der Waals surface area contributed by atoms with E-state index in [1.54, 1.807) is 0 Å². The number of benzene rings is 2. The molecule has 25 heavy (non-hydrogen) atoms. The summed E-state index contributed by atoms with van der Waals surface area (Å²) >= 11 is 2.62. The summed E-state index contributed by atoms with van der Waals surface area (Å²) in [5.41, 5.74) is 0.